The Morgan fingerprint density at radius 2 is 2.05 bits per heavy atom. The van der Waals surface area contributed by atoms with Crippen LogP contribution in [0, 0.1) is 11.3 Å². The number of para-hydroxylation sites is 2. The topological polar surface area (TPSA) is 61.8 Å². The van der Waals surface area contributed by atoms with E-state index in [4.69, 9.17) is 5.26 Å². The van der Waals surface area contributed by atoms with Crippen molar-refractivity contribution >= 4 is 11.0 Å². The first-order chi connectivity index (χ1) is 9.70. The second-order valence-corrected chi connectivity index (χ2v) is 4.66. The number of benzene rings is 2. The SMILES string of the molecule is CC(O)c1ccc(C#N)cc1-n1cnc2ccccc21. The maximum absolute atomic E-state index is 9.92. The summed E-state index contributed by atoms with van der Waals surface area (Å²) in [6.07, 6.45) is 1.10. The minimum absolute atomic E-state index is 0.558. The van der Waals surface area contributed by atoms with E-state index in [0.717, 1.165) is 22.3 Å². The highest BCUT2D eigenvalue weighted by Crippen LogP contribution is 2.26. The highest BCUT2D eigenvalue weighted by molar-refractivity contribution is 5.77. The Morgan fingerprint density at radius 1 is 1.25 bits per heavy atom. The molecule has 20 heavy (non-hydrogen) atoms. The molecule has 3 aromatic rings. The quantitative estimate of drug-likeness (QED) is 0.773. The number of fused-ring (bicyclic) bond motifs is 1. The lowest BCUT2D eigenvalue weighted by atomic mass is 10.1. The molecule has 0 aliphatic carbocycles. The van der Waals surface area contributed by atoms with Crippen molar-refractivity contribution in [3.8, 4) is 11.8 Å². The van der Waals surface area contributed by atoms with Gasteiger partial charge >= 0.3 is 0 Å². The van der Waals surface area contributed by atoms with Crippen LogP contribution >= 0.6 is 0 Å². The third-order valence-corrected chi connectivity index (χ3v) is 3.32. The molecule has 0 amide bonds. The van der Waals surface area contributed by atoms with E-state index in [1.807, 2.05) is 28.8 Å². The summed E-state index contributed by atoms with van der Waals surface area (Å²) in [5.74, 6) is 0. The molecule has 98 valence electrons. The lowest BCUT2D eigenvalue weighted by Crippen LogP contribution is -2.02. The van der Waals surface area contributed by atoms with Gasteiger partial charge in [0.1, 0.15) is 6.33 Å². The van der Waals surface area contributed by atoms with Crippen molar-refractivity contribution in [3.05, 3.63) is 59.9 Å². The third kappa shape index (κ3) is 1.94. The summed E-state index contributed by atoms with van der Waals surface area (Å²) in [5.41, 5.74) is 3.94. The molecule has 1 heterocycles. The number of aliphatic hydroxyl groups is 1. The molecule has 1 unspecified atom stereocenters. The van der Waals surface area contributed by atoms with E-state index in [0.29, 0.717) is 5.56 Å². The summed E-state index contributed by atoms with van der Waals surface area (Å²) in [6, 6.07) is 15.2. The lowest BCUT2D eigenvalue weighted by molar-refractivity contribution is 0.199. The Balaban J connectivity index is 2.30. The standard InChI is InChI=1S/C16H13N3O/c1-11(20)13-7-6-12(9-17)8-16(13)19-10-18-14-4-2-3-5-15(14)19/h2-8,10-11,20H,1H3. The predicted octanol–water partition coefficient (Wildman–Crippen LogP) is 2.95. The number of hydrogen-bond donors (Lipinski definition) is 1. The average Bonchev–Trinajstić information content (AvgIpc) is 2.90. The van der Waals surface area contributed by atoms with Crippen molar-refractivity contribution < 1.29 is 5.11 Å². The predicted molar refractivity (Wildman–Crippen MR) is 76.4 cm³/mol. The van der Waals surface area contributed by atoms with E-state index in [-0.39, 0.29) is 0 Å². The molecule has 0 saturated heterocycles. The molecule has 4 heteroatoms. The minimum Gasteiger partial charge on any atom is -0.389 e. The molecule has 0 fully saturated rings. The van der Waals surface area contributed by atoms with Gasteiger partial charge in [-0.3, -0.25) is 4.57 Å². The van der Waals surface area contributed by atoms with Gasteiger partial charge in [0.15, 0.2) is 0 Å². The molecule has 0 aliphatic heterocycles. The lowest BCUT2D eigenvalue weighted by Gasteiger charge is -2.14. The van der Waals surface area contributed by atoms with Gasteiger partial charge in [-0.25, -0.2) is 4.98 Å². The van der Waals surface area contributed by atoms with Crippen LogP contribution in [0.3, 0.4) is 0 Å². The molecule has 2 aromatic carbocycles. The zero-order valence-electron chi connectivity index (χ0n) is 11.0. The first-order valence-corrected chi connectivity index (χ1v) is 6.35. The van der Waals surface area contributed by atoms with Gasteiger partial charge in [0.05, 0.1) is 34.5 Å². The molecule has 4 nitrogen and oxygen atoms in total. The molecule has 3 rings (SSSR count). The smallest absolute Gasteiger partial charge is 0.100 e. The van der Waals surface area contributed by atoms with Crippen molar-refractivity contribution in [2.24, 2.45) is 0 Å². The van der Waals surface area contributed by atoms with Crippen LogP contribution in [0.2, 0.25) is 0 Å². The summed E-state index contributed by atoms with van der Waals surface area (Å²) < 4.78 is 1.90. The van der Waals surface area contributed by atoms with Crippen LogP contribution < -0.4 is 0 Å². The maximum Gasteiger partial charge on any atom is 0.100 e. The van der Waals surface area contributed by atoms with E-state index < -0.39 is 6.10 Å². The van der Waals surface area contributed by atoms with Gasteiger partial charge in [0.25, 0.3) is 0 Å². The van der Waals surface area contributed by atoms with Gasteiger partial charge in [-0.15, -0.1) is 0 Å². The number of rotatable bonds is 2. The molecular formula is C16H13N3O. The second-order valence-electron chi connectivity index (χ2n) is 4.66. The maximum atomic E-state index is 9.92. The molecule has 0 aliphatic rings. The molecule has 0 saturated carbocycles. The number of aromatic nitrogens is 2. The monoisotopic (exact) mass is 263 g/mol. The number of aliphatic hydroxyl groups excluding tert-OH is 1. The van der Waals surface area contributed by atoms with Crippen LogP contribution in [-0.2, 0) is 0 Å². The van der Waals surface area contributed by atoms with Crippen molar-refractivity contribution in [1.29, 1.82) is 5.26 Å². The van der Waals surface area contributed by atoms with Crippen LogP contribution in [0.1, 0.15) is 24.2 Å². The summed E-state index contributed by atoms with van der Waals surface area (Å²) in [5, 5.41) is 19.0. The van der Waals surface area contributed by atoms with Crippen molar-refractivity contribution in [2.45, 2.75) is 13.0 Å². The Hall–Kier alpha value is -2.64. The Labute approximate surface area is 116 Å². The first kappa shape index (κ1) is 12.4. The normalized spacial score (nSPS) is 12.2. The van der Waals surface area contributed by atoms with Crippen LogP contribution in [0.25, 0.3) is 16.7 Å². The minimum atomic E-state index is -0.612. The Kier molecular flexibility index (Phi) is 2.97. The number of nitriles is 1. The fourth-order valence-electron chi connectivity index (χ4n) is 2.33. The fourth-order valence-corrected chi connectivity index (χ4v) is 2.33. The summed E-state index contributed by atoms with van der Waals surface area (Å²) in [6.45, 7) is 1.71. The zero-order chi connectivity index (χ0) is 14.1. The number of imidazole rings is 1. The van der Waals surface area contributed by atoms with E-state index in [1.54, 1.807) is 31.5 Å². The highest BCUT2D eigenvalue weighted by atomic mass is 16.3. The van der Waals surface area contributed by atoms with E-state index >= 15 is 0 Å². The van der Waals surface area contributed by atoms with E-state index in [9.17, 15) is 5.11 Å². The van der Waals surface area contributed by atoms with Crippen molar-refractivity contribution in [3.63, 3.8) is 0 Å². The van der Waals surface area contributed by atoms with Crippen molar-refractivity contribution in [2.75, 3.05) is 0 Å². The summed E-state index contributed by atoms with van der Waals surface area (Å²) in [7, 11) is 0. The van der Waals surface area contributed by atoms with Crippen LogP contribution in [0.4, 0.5) is 0 Å². The molecule has 1 N–H and O–H groups in total. The van der Waals surface area contributed by atoms with Gasteiger partial charge in [0.2, 0.25) is 0 Å². The molecular weight excluding hydrogens is 250 g/mol. The van der Waals surface area contributed by atoms with Gasteiger partial charge in [-0.1, -0.05) is 18.2 Å². The molecule has 0 bridgehead atoms. The Morgan fingerprint density at radius 3 is 2.80 bits per heavy atom. The average molecular weight is 263 g/mol. The van der Waals surface area contributed by atoms with Crippen LogP contribution in [-0.4, -0.2) is 14.7 Å². The number of hydrogen-bond acceptors (Lipinski definition) is 3. The van der Waals surface area contributed by atoms with E-state index in [2.05, 4.69) is 11.1 Å². The Bertz CT molecular complexity index is 812. The highest BCUT2D eigenvalue weighted by Gasteiger charge is 2.13. The van der Waals surface area contributed by atoms with Crippen LogP contribution in [0.5, 0.6) is 0 Å². The van der Waals surface area contributed by atoms with Gasteiger partial charge in [-0.05, 0) is 31.2 Å². The van der Waals surface area contributed by atoms with Gasteiger partial charge in [0, 0.05) is 5.56 Å². The summed E-state index contributed by atoms with van der Waals surface area (Å²) in [4.78, 5) is 4.35. The van der Waals surface area contributed by atoms with E-state index in [1.165, 1.54) is 0 Å². The first-order valence-electron chi connectivity index (χ1n) is 6.35. The number of nitrogens with zero attached hydrogens (tertiary/aromatic N) is 3. The molecule has 0 radical (unpaired) electrons. The third-order valence-electron chi connectivity index (χ3n) is 3.32. The molecule has 0 spiro atoms. The fraction of sp³-hybridized carbons (Fsp3) is 0.125. The van der Waals surface area contributed by atoms with Gasteiger partial charge in [-0.2, -0.15) is 5.26 Å². The molecule has 1 atom stereocenters. The van der Waals surface area contributed by atoms with Gasteiger partial charge < -0.3 is 5.11 Å². The summed E-state index contributed by atoms with van der Waals surface area (Å²) >= 11 is 0. The second kappa shape index (κ2) is 4.80. The van der Waals surface area contributed by atoms with Crippen LogP contribution in [0.15, 0.2) is 48.8 Å². The van der Waals surface area contributed by atoms with Crippen molar-refractivity contribution in [1.82, 2.24) is 9.55 Å². The molecule has 1 aromatic heterocycles. The zero-order valence-corrected chi connectivity index (χ0v) is 11.0. The largest absolute Gasteiger partial charge is 0.389 e.